The Morgan fingerprint density at radius 2 is 1.46 bits per heavy atom. The number of carbonyl (C=O) groups excluding carboxylic acids is 2. The Labute approximate surface area is 249 Å². The van der Waals surface area contributed by atoms with Crippen molar-refractivity contribution in [1.82, 2.24) is 9.78 Å². The fourth-order valence-electron chi connectivity index (χ4n) is 4.88. The Hall–Kier alpha value is -4.24. The zero-order chi connectivity index (χ0) is 28.6. The smallest absolute Gasteiger partial charge is 0.359 e. The van der Waals surface area contributed by atoms with Crippen LogP contribution in [0, 0.1) is 0 Å². The maximum atomic E-state index is 14.1. The van der Waals surface area contributed by atoms with Gasteiger partial charge in [0.2, 0.25) is 23.7 Å². The second-order valence-corrected chi connectivity index (χ2v) is 10.6. The number of methoxy groups -OCH3 is 1. The van der Waals surface area contributed by atoms with Gasteiger partial charge < -0.3 is 14.2 Å². The molecular formula is C32H22BrClN2O5. The number of nitrogens with zero attached hydrogens (tertiary/aromatic N) is 2. The summed E-state index contributed by atoms with van der Waals surface area (Å²) >= 11 is 9.56. The number of benzene rings is 4. The number of fused-ring (bicyclic) bond motifs is 1. The fraction of sp³-hybridized carbons (Fsp3) is 0.0938. The van der Waals surface area contributed by atoms with Gasteiger partial charge in [-0.2, -0.15) is 9.78 Å². The van der Waals surface area contributed by atoms with Crippen molar-refractivity contribution in [2.75, 3.05) is 7.11 Å². The summed E-state index contributed by atoms with van der Waals surface area (Å²) in [7, 11) is 1.24. The molecule has 1 atom stereocenters. The van der Waals surface area contributed by atoms with Gasteiger partial charge in [-0.1, -0.05) is 100 Å². The van der Waals surface area contributed by atoms with Crippen LogP contribution in [0.4, 0.5) is 0 Å². The summed E-state index contributed by atoms with van der Waals surface area (Å²) < 4.78 is 20.7. The Morgan fingerprint density at radius 1 is 0.878 bits per heavy atom. The van der Waals surface area contributed by atoms with Gasteiger partial charge in [0.25, 0.3) is 0 Å². The Morgan fingerprint density at radius 3 is 2.02 bits per heavy atom. The second-order valence-electron chi connectivity index (χ2n) is 9.26. The van der Waals surface area contributed by atoms with Crippen molar-refractivity contribution in [3.05, 3.63) is 152 Å². The molecule has 1 aromatic heterocycles. The molecule has 41 heavy (non-hydrogen) atoms. The molecule has 204 valence electrons. The molecule has 1 aliphatic heterocycles. The average molecular weight is 630 g/mol. The highest BCUT2D eigenvalue weighted by atomic mass is 79.9. The molecule has 9 heteroatoms. The van der Waals surface area contributed by atoms with Crippen molar-refractivity contribution in [2.24, 2.45) is 0 Å². The van der Waals surface area contributed by atoms with Crippen LogP contribution in [0.25, 0.3) is 0 Å². The first-order chi connectivity index (χ1) is 19.9. The van der Waals surface area contributed by atoms with E-state index in [2.05, 4.69) is 21.0 Å². The summed E-state index contributed by atoms with van der Waals surface area (Å²) in [6, 6.07) is 32.8. The predicted octanol–water partition coefficient (Wildman–Crippen LogP) is 7.17. The number of ketones is 1. The van der Waals surface area contributed by atoms with Crippen LogP contribution in [0.2, 0.25) is 5.02 Å². The molecule has 0 N–H and O–H groups in total. The molecule has 0 radical (unpaired) electrons. The first-order valence-electron chi connectivity index (χ1n) is 12.7. The number of ether oxygens (including phenoxy) is 3. The molecule has 1 unspecified atom stereocenters. The van der Waals surface area contributed by atoms with E-state index in [9.17, 15) is 9.59 Å². The summed E-state index contributed by atoms with van der Waals surface area (Å²) in [5.74, 6) is -1.20. The molecule has 7 nitrogen and oxygen atoms in total. The molecule has 0 aliphatic carbocycles. The van der Waals surface area contributed by atoms with Crippen LogP contribution in [-0.2, 0) is 15.2 Å². The lowest BCUT2D eigenvalue weighted by molar-refractivity contribution is -0.214. The normalized spacial score (nSPS) is 15.4. The van der Waals surface area contributed by atoms with Crippen molar-refractivity contribution >= 4 is 39.3 Å². The fourth-order valence-corrected chi connectivity index (χ4v) is 5.27. The van der Waals surface area contributed by atoms with E-state index in [1.807, 2.05) is 84.9 Å². The number of hydrogen-bond acceptors (Lipinski definition) is 6. The molecular weight excluding hydrogens is 608 g/mol. The maximum absolute atomic E-state index is 14.1. The standard InChI is InChI=1S/C32H22BrClN2O5/c1-39-30(38)27-26(28(37)20-14-18-25(34)19-15-20)29-36(35-27)32(22-8-4-2-5-9-22,23-10-6-3-7-11-23)41-31(40-29)21-12-16-24(33)17-13-21/h2-19,31H,1H3. The highest BCUT2D eigenvalue weighted by Crippen LogP contribution is 2.48. The highest BCUT2D eigenvalue weighted by molar-refractivity contribution is 9.10. The van der Waals surface area contributed by atoms with Crippen LogP contribution >= 0.6 is 27.5 Å². The summed E-state index contributed by atoms with van der Waals surface area (Å²) in [5.41, 5.74) is 0.760. The molecule has 0 bridgehead atoms. The SMILES string of the molecule is COC(=O)c1nn2c(c1C(=O)c1ccc(Cl)cc1)OC(c1ccc(Br)cc1)OC2(c1ccccc1)c1ccccc1. The predicted molar refractivity (Wildman–Crippen MR) is 156 cm³/mol. The molecule has 0 saturated heterocycles. The molecule has 6 rings (SSSR count). The van der Waals surface area contributed by atoms with Crippen LogP contribution in [0.5, 0.6) is 5.88 Å². The first kappa shape index (κ1) is 27.0. The Balaban J connectivity index is 1.68. The third-order valence-electron chi connectivity index (χ3n) is 6.82. The molecule has 1 aliphatic rings. The van der Waals surface area contributed by atoms with Crippen LogP contribution in [0.3, 0.4) is 0 Å². The number of rotatable bonds is 6. The Kier molecular flexibility index (Phi) is 7.21. The van der Waals surface area contributed by atoms with Crippen LogP contribution < -0.4 is 4.74 Å². The van der Waals surface area contributed by atoms with E-state index in [1.165, 1.54) is 11.8 Å². The highest BCUT2D eigenvalue weighted by Gasteiger charge is 2.50. The summed E-state index contributed by atoms with van der Waals surface area (Å²) in [5, 5.41) is 5.14. The van der Waals surface area contributed by atoms with Crippen LogP contribution in [-0.4, -0.2) is 28.6 Å². The van der Waals surface area contributed by atoms with Crippen LogP contribution in [0.15, 0.2) is 114 Å². The van der Waals surface area contributed by atoms with Gasteiger partial charge in [0.15, 0.2) is 5.69 Å². The lowest BCUT2D eigenvalue weighted by Gasteiger charge is -2.42. The van der Waals surface area contributed by atoms with Crippen molar-refractivity contribution in [3.63, 3.8) is 0 Å². The van der Waals surface area contributed by atoms with Gasteiger partial charge in [-0.05, 0) is 36.4 Å². The minimum Gasteiger partial charge on any atom is -0.464 e. The van der Waals surface area contributed by atoms with Crippen molar-refractivity contribution in [2.45, 2.75) is 12.0 Å². The lowest BCUT2D eigenvalue weighted by Crippen LogP contribution is -2.46. The summed E-state index contributed by atoms with van der Waals surface area (Å²) in [6.07, 6.45) is -0.977. The van der Waals surface area contributed by atoms with E-state index < -0.39 is 23.8 Å². The van der Waals surface area contributed by atoms with Crippen molar-refractivity contribution < 1.29 is 23.8 Å². The minimum absolute atomic E-state index is 0.0409. The van der Waals surface area contributed by atoms with Gasteiger partial charge in [-0.15, -0.1) is 0 Å². The van der Waals surface area contributed by atoms with Gasteiger partial charge in [0.05, 0.1) is 7.11 Å². The monoisotopic (exact) mass is 628 g/mol. The van der Waals surface area contributed by atoms with E-state index in [0.717, 1.165) is 4.47 Å². The third-order valence-corrected chi connectivity index (χ3v) is 7.60. The van der Waals surface area contributed by atoms with E-state index >= 15 is 0 Å². The van der Waals surface area contributed by atoms with E-state index in [0.29, 0.717) is 27.3 Å². The van der Waals surface area contributed by atoms with Crippen molar-refractivity contribution in [3.8, 4) is 5.88 Å². The van der Waals surface area contributed by atoms with E-state index in [1.54, 1.807) is 24.3 Å². The molecule has 0 fully saturated rings. The summed E-state index contributed by atoms with van der Waals surface area (Å²) in [6.45, 7) is 0. The molecule has 2 heterocycles. The lowest BCUT2D eigenvalue weighted by atomic mass is 9.93. The van der Waals surface area contributed by atoms with E-state index in [-0.39, 0.29) is 17.1 Å². The van der Waals surface area contributed by atoms with Gasteiger partial charge in [0, 0.05) is 31.7 Å². The van der Waals surface area contributed by atoms with Crippen molar-refractivity contribution in [1.29, 1.82) is 0 Å². The molecule has 5 aromatic rings. The zero-order valence-corrected chi connectivity index (χ0v) is 24.0. The average Bonchev–Trinajstić information content (AvgIpc) is 3.41. The zero-order valence-electron chi connectivity index (χ0n) is 21.7. The second kappa shape index (κ2) is 11.0. The van der Waals surface area contributed by atoms with Gasteiger partial charge >= 0.3 is 5.97 Å². The number of hydrogen-bond donors (Lipinski definition) is 0. The largest absolute Gasteiger partial charge is 0.464 e. The topological polar surface area (TPSA) is 79.7 Å². The minimum atomic E-state index is -1.42. The molecule has 0 spiro atoms. The number of aromatic nitrogens is 2. The number of carbonyl (C=O) groups is 2. The van der Waals surface area contributed by atoms with Gasteiger partial charge in [0.1, 0.15) is 5.56 Å². The number of esters is 1. The third kappa shape index (κ3) is 4.74. The van der Waals surface area contributed by atoms with Crippen LogP contribution in [0.1, 0.15) is 49.4 Å². The quantitative estimate of drug-likeness (QED) is 0.146. The summed E-state index contributed by atoms with van der Waals surface area (Å²) in [4.78, 5) is 27.2. The van der Waals surface area contributed by atoms with Gasteiger partial charge in [-0.25, -0.2) is 4.79 Å². The molecule has 0 saturated carbocycles. The van der Waals surface area contributed by atoms with E-state index in [4.69, 9.17) is 25.8 Å². The first-order valence-corrected chi connectivity index (χ1v) is 13.8. The molecule has 4 aromatic carbocycles. The maximum Gasteiger partial charge on any atom is 0.359 e. The van der Waals surface area contributed by atoms with Gasteiger partial charge in [-0.3, -0.25) is 4.79 Å². The Bertz CT molecular complexity index is 1680. The number of halogens is 2. The molecule has 0 amide bonds.